The molecule has 38 heavy (non-hydrogen) atoms. The van der Waals surface area contributed by atoms with Gasteiger partial charge in [0.2, 0.25) is 0 Å². The molecule has 2 N–H and O–H groups in total. The van der Waals surface area contributed by atoms with Crippen molar-refractivity contribution >= 4 is 17.6 Å². The van der Waals surface area contributed by atoms with Crippen LogP contribution in [0.4, 0.5) is 24.8 Å². The van der Waals surface area contributed by atoms with Crippen molar-refractivity contribution in [1.29, 1.82) is 0 Å². The van der Waals surface area contributed by atoms with Gasteiger partial charge in [-0.3, -0.25) is 4.90 Å². The quantitative estimate of drug-likeness (QED) is 0.462. The number of alkyl halides is 3. The number of hydrogen-bond donors (Lipinski definition) is 1. The molecule has 0 aliphatic carbocycles. The van der Waals surface area contributed by atoms with Crippen LogP contribution in [0.5, 0.6) is 0 Å². The molecular formula is C27H31F3N6O2. The van der Waals surface area contributed by atoms with Gasteiger partial charge in [0.05, 0.1) is 23.8 Å². The topological polar surface area (TPSA) is 87.8 Å². The van der Waals surface area contributed by atoms with Crippen LogP contribution in [0.25, 0.3) is 11.1 Å². The summed E-state index contributed by atoms with van der Waals surface area (Å²) in [6.45, 7) is 3.33. The second kappa shape index (κ2) is 11.4. The lowest BCUT2D eigenvalue weighted by molar-refractivity contribution is -0.137. The van der Waals surface area contributed by atoms with Crippen LogP contribution in [0.2, 0.25) is 0 Å². The zero-order valence-electron chi connectivity index (χ0n) is 21.6. The predicted molar refractivity (Wildman–Crippen MR) is 140 cm³/mol. The first-order chi connectivity index (χ1) is 18.1. The smallest absolute Gasteiger partial charge is 0.416 e. The number of piperazine rings is 1. The summed E-state index contributed by atoms with van der Waals surface area (Å²) < 4.78 is 44.0. The molecule has 1 atom stereocenters. The van der Waals surface area contributed by atoms with Crippen molar-refractivity contribution in [3.8, 4) is 11.1 Å². The Morgan fingerprint density at radius 3 is 2.21 bits per heavy atom. The second-order valence-electron chi connectivity index (χ2n) is 9.45. The first-order valence-corrected chi connectivity index (χ1v) is 12.2. The zero-order chi connectivity index (χ0) is 27.4. The van der Waals surface area contributed by atoms with Crippen molar-refractivity contribution in [2.24, 2.45) is 0 Å². The number of nitrogen functional groups attached to an aromatic ring is 1. The van der Waals surface area contributed by atoms with Gasteiger partial charge in [0.1, 0.15) is 18.0 Å². The number of methoxy groups -OCH3 is 1. The average molecular weight is 529 g/mol. The lowest BCUT2D eigenvalue weighted by Crippen LogP contribution is -2.49. The third kappa shape index (κ3) is 6.05. The summed E-state index contributed by atoms with van der Waals surface area (Å²) in [4.78, 5) is 27.0. The number of hydrogen-bond acceptors (Lipinski definition) is 8. The maximum absolute atomic E-state index is 13.1. The molecule has 2 aromatic carbocycles. The number of benzene rings is 2. The minimum Gasteiger partial charge on any atom is -0.465 e. The van der Waals surface area contributed by atoms with E-state index in [-0.39, 0.29) is 6.04 Å². The number of nitrogens with zero attached hydrogens (tertiary/aromatic N) is 5. The van der Waals surface area contributed by atoms with Crippen molar-refractivity contribution in [3.63, 3.8) is 0 Å². The Labute approximate surface area is 219 Å². The van der Waals surface area contributed by atoms with E-state index < -0.39 is 17.7 Å². The van der Waals surface area contributed by atoms with Crippen molar-refractivity contribution in [2.75, 3.05) is 64.6 Å². The zero-order valence-corrected chi connectivity index (χ0v) is 21.6. The number of carbonyl (C=O) groups excluding carboxylic acids is 1. The fourth-order valence-electron chi connectivity index (χ4n) is 4.71. The molecule has 1 aliphatic rings. The number of halogens is 3. The SMILES string of the molecule is COC(=O)c1ccc(-c2c(N)ncnc2N2CCN(C(CN(C)C)c3ccc(C(F)(F)F)cc3)CC2)cc1. The van der Waals surface area contributed by atoms with Crippen molar-refractivity contribution < 1.29 is 22.7 Å². The highest BCUT2D eigenvalue weighted by Crippen LogP contribution is 2.35. The van der Waals surface area contributed by atoms with E-state index in [2.05, 4.69) is 19.8 Å². The minimum absolute atomic E-state index is 0.0600. The molecule has 0 bridgehead atoms. The van der Waals surface area contributed by atoms with Crippen LogP contribution < -0.4 is 10.6 Å². The van der Waals surface area contributed by atoms with Gasteiger partial charge in [-0.05, 0) is 49.5 Å². The van der Waals surface area contributed by atoms with Crippen molar-refractivity contribution in [2.45, 2.75) is 12.2 Å². The summed E-state index contributed by atoms with van der Waals surface area (Å²) in [5, 5.41) is 0. The molecule has 8 nitrogen and oxygen atoms in total. The summed E-state index contributed by atoms with van der Waals surface area (Å²) in [7, 11) is 5.24. The van der Waals surface area contributed by atoms with E-state index in [0.29, 0.717) is 55.5 Å². The molecule has 0 radical (unpaired) electrons. The van der Waals surface area contributed by atoms with Gasteiger partial charge >= 0.3 is 12.1 Å². The number of likely N-dealkylation sites (N-methyl/N-ethyl adjacent to an activating group) is 1. The summed E-state index contributed by atoms with van der Waals surface area (Å²) in [5.41, 5.74) is 8.36. The standard InChI is InChI=1S/C27H31F3N6O2/c1-34(2)16-22(18-8-10-21(11-9-18)27(28,29)30)35-12-14-36(15-13-35)25-23(24(31)32-17-33-25)19-4-6-20(7-5-19)26(37)38-3/h4-11,17,22H,12-16H2,1-3H3,(H2,31,32,33). The average Bonchev–Trinajstić information content (AvgIpc) is 2.91. The Morgan fingerprint density at radius 2 is 1.66 bits per heavy atom. The van der Waals surface area contributed by atoms with E-state index in [0.717, 1.165) is 23.3 Å². The van der Waals surface area contributed by atoms with E-state index in [1.54, 1.807) is 36.4 Å². The largest absolute Gasteiger partial charge is 0.465 e. The van der Waals surface area contributed by atoms with Crippen LogP contribution in [-0.4, -0.2) is 79.7 Å². The minimum atomic E-state index is -4.36. The molecular weight excluding hydrogens is 497 g/mol. The molecule has 1 fully saturated rings. The number of aromatic nitrogens is 2. The first-order valence-electron chi connectivity index (χ1n) is 12.2. The molecule has 0 saturated carbocycles. The maximum Gasteiger partial charge on any atom is 0.416 e. The molecule has 4 rings (SSSR count). The van der Waals surface area contributed by atoms with Crippen LogP contribution in [0.1, 0.15) is 27.5 Å². The number of anilines is 2. The van der Waals surface area contributed by atoms with Gasteiger partial charge in [0.25, 0.3) is 0 Å². The van der Waals surface area contributed by atoms with E-state index in [1.165, 1.54) is 13.4 Å². The Balaban J connectivity index is 1.54. The third-order valence-corrected chi connectivity index (χ3v) is 6.67. The summed E-state index contributed by atoms with van der Waals surface area (Å²) >= 11 is 0. The van der Waals surface area contributed by atoms with Gasteiger partial charge in [-0.25, -0.2) is 14.8 Å². The second-order valence-corrected chi connectivity index (χ2v) is 9.45. The van der Waals surface area contributed by atoms with Crippen molar-refractivity contribution in [1.82, 2.24) is 19.8 Å². The van der Waals surface area contributed by atoms with Crippen LogP contribution in [0.3, 0.4) is 0 Å². The van der Waals surface area contributed by atoms with E-state index in [1.807, 2.05) is 19.0 Å². The molecule has 1 aromatic heterocycles. The number of nitrogens with two attached hydrogens (primary N) is 1. The summed E-state index contributed by atoms with van der Waals surface area (Å²) in [6, 6.07) is 12.3. The molecule has 1 saturated heterocycles. The van der Waals surface area contributed by atoms with E-state index in [4.69, 9.17) is 10.5 Å². The van der Waals surface area contributed by atoms with Crippen LogP contribution in [0, 0.1) is 0 Å². The van der Waals surface area contributed by atoms with Gasteiger partial charge < -0.3 is 20.3 Å². The van der Waals surface area contributed by atoms with Crippen LogP contribution in [0.15, 0.2) is 54.9 Å². The molecule has 1 unspecified atom stereocenters. The Kier molecular flexibility index (Phi) is 8.17. The molecule has 0 spiro atoms. The monoisotopic (exact) mass is 528 g/mol. The first kappa shape index (κ1) is 27.3. The molecule has 2 heterocycles. The van der Waals surface area contributed by atoms with Gasteiger partial charge in [-0.1, -0.05) is 24.3 Å². The Hall–Kier alpha value is -3.70. The van der Waals surface area contributed by atoms with Crippen LogP contribution >= 0.6 is 0 Å². The molecule has 3 aromatic rings. The van der Waals surface area contributed by atoms with Gasteiger partial charge in [0, 0.05) is 38.8 Å². The summed E-state index contributed by atoms with van der Waals surface area (Å²) in [5.74, 6) is 0.602. The van der Waals surface area contributed by atoms with E-state index in [9.17, 15) is 18.0 Å². The molecule has 202 valence electrons. The number of esters is 1. The van der Waals surface area contributed by atoms with Gasteiger partial charge in [0.15, 0.2) is 0 Å². The summed E-state index contributed by atoms with van der Waals surface area (Å²) in [6.07, 6.45) is -2.93. The Bertz CT molecular complexity index is 1240. The lowest BCUT2D eigenvalue weighted by Gasteiger charge is -2.41. The fraction of sp³-hybridized carbons (Fsp3) is 0.370. The number of ether oxygens (including phenoxy) is 1. The highest BCUT2D eigenvalue weighted by atomic mass is 19.4. The lowest BCUT2D eigenvalue weighted by atomic mass is 10.0. The van der Waals surface area contributed by atoms with Gasteiger partial charge in [-0.2, -0.15) is 13.2 Å². The fourth-order valence-corrected chi connectivity index (χ4v) is 4.71. The number of rotatable bonds is 7. The highest BCUT2D eigenvalue weighted by molar-refractivity contribution is 5.91. The third-order valence-electron chi connectivity index (χ3n) is 6.67. The molecule has 11 heteroatoms. The predicted octanol–water partition coefficient (Wildman–Crippen LogP) is 3.96. The van der Waals surface area contributed by atoms with Gasteiger partial charge in [-0.15, -0.1) is 0 Å². The molecule has 0 amide bonds. The number of carbonyl (C=O) groups is 1. The Morgan fingerprint density at radius 1 is 1.03 bits per heavy atom. The van der Waals surface area contributed by atoms with E-state index >= 15 is 0 Å². The van der Waals surface area contributed by atoms with Crippen LogP contribution in [-0.2, 0) is 10.9 Å². The normalized spacial score (nSPS) is 15.5. The highest BCUT2D eigenvalue weighted by Gasteiger charge is 2.32. The molecule has 1 aliphatic heterocycles. The van der Waals surface area contributed by atoms with Crippen molar-refractivity contribution in [3.05, 3.63) is 71.5 Å². The maximum atomic E-state index is 13.1.